The summed E-state index contributed by atoms with van der Waals surface area (Å²) in [6, 6.07) is 8.03. The molecule has 6 amide bonds. The molecule has 1 unspecified atom stereocenters. The summed E-state index contributed by atoms with van der Waals surface area (Å²) in [5.74, 6) is -6.48. The Morgan fingerprint density at radius 3 is 2.02 bits per heavy atom. The van der Waals surface area contributed by atoms with E-state index >= 15 is 0 Å². The lowest BCUT2D eigenvalue weighted by atomic mass is 9.99. The quantitative estimate of drug-likeness (QED) is 0.117. The van der Waals surface area contributed by atoms with Crippen molar-refractivity contribution in [1.82, 2.24) is 26.2 Å². The van der Waals surface area contributed by atoms with E-state index in [4.69, 9.17) is 5.73 Å². The molecule has 3 rings (SSSR count). The number of anilines is 1. The summed E-state index contributed by atoms with van der Waals surface area (Å²) in [4.78, 5) is 92.3. The molecule has 1 saturated heterocycles. The number of carbonyl (C=O) groups excluding carboxylic acids is 5. The fraction of sp³-hybridized carbons (Fsp3) is 0.472. The van der Waals surface area contributed by atoms with Gasteiger partial charge in [0.1, 0.15) is 30.2 Å². The number of carboxylic acid groups (broad SMARTS) is 2. The van der Waals surface area contributed by atoms with Gasteiger partial charge < -0.3 is 47.4 Å². The molecule has 1 heterocycles. The number of hydrogen-bond acceptors (Lipinski definition) is 8. The zero-order valence-electron chi connectivity index (χ0n) is 29.8. The zero-order chi connectivity index (χ0) is 38.5. The van der Waals surface area contributed by atoms with Crippen molar-refractivity contribution in [3.63, 3.8) is 0 Å². The Hall–Kier alpha value is -5.51. The number of nitrogens with two attached hydrogens (primary N) is 1. The predicted molar refractivity (Wildman–Crippen MR) is 190 cm³/mol. The smallest absolute Gasteiger partial charge is 0.326 e. The molecule has 2 aromatic rings. The van der Waals surface area contributed by atoms with Gasteiger partial charge in [-0.25, -0.2) is 9.59 Å². The van der Waals surface area contributed by atoms with E-state index in [1.807, 2.05) is 0 Å². The molecule has 1 aliphatic heterocycles. The van der Waals surface area contributed by atoms with Gasteiger partial charge in [0, 0.05) is 18.8 Å². The van der Waals surface area contributed by atoms with Gasteiger partial charge in [0.15, 0.2) is 0 Å². The first-order valence-electron chi connectivity index (χ1n) is 17.2. The highest BCUT2D eigenvalue weighted by Crippen LogP contribution is 2.21. The van der Waals surface area contributed by atoms with Gasteiger partial charge in [0.25, 0.3) is 0 Å². The van der Waals surface area contributed by atoms with Crippen molar-refractivity contribution in [1.29, 1.82) is 0 Å². The van der Waals surface area contributed by atoms with Crippen LogP contribution in [0.1, 0.15) is 70.5 Å². The second-order valence-electron chi connectivity index (χ2n) is 13.4. The van der Waals surface area contributed by atoms with Crippen LogP contribution in [-0.2, 0) is 35.3 Å². The molecule has 1 aliphatic rings. The Bertz CT molecular complexity index is 1600. The molecule has 0 spiro atoms. The molecule has 9 N–H and O–H groups in total. The van der Waals surface area contributed by atoms with E-state index in [-0.39, 0.29) is 31.8 Å². The molecule has 1 fully saturated rings. The first-order chi connectivity index (χ1) is 24.6. The van der Waals surface area contributed by atoms with Crippen LogP contribution in [-0.4, -0.2) is 87.4 Å². The van der Waals surface area contributed by atoms with Crippen LogP contribution in [0.2, 0.25) is 0 Å². The molecular formula is C36H49N7O9. The summed E-state index contributed by atoms with van der Waals surface area (Å²) in [5.41, 5.74) is 7.30. The van der Waals surface area contributed by atoms with Gasteiger partial charge in [-0.3, -0.25) is 24.0 Å². The molecule has 2 aromatic carbocycles. The molecular weight excluding hydrogens is 674 g/mol. The van der Waals surface area contributed by atoms with Crippen molar-refractivity contribution in [3.8, 4) is 0 Å². The van der Waals surface area contributed by atoms with Crippen LogP contribution in [0.3, 0.4) is 0 Å². The van der Waals surface area contributed by atoms with E-state index in [9.17, 15) is 43.8 Å². The first kappa shape index (κ1) is 40.9. The fourth-order valence-electron chi connectivity index (χ4n) is 5.90. The van der Waals surface area contributed by atoms with E-state index in [1.165, 1.54) is 4.90 Å². The number of aliphatic carboxylic acids is 2. The molecule has 0 saturated carbocycles. The van der Waals surface area contributed by atoms with E-state index in [0.717, 1.165) is 0 Å². The number of nitrogens with zero attached hydrogens (tertiary/aromatic N) is 1. The molecule has 16 heteroatoms. The molecule has 282 valence electrons. The largest absolute Gasteiger partial charge is 0.481 e. The summed E-state index contributed by atoms with van der Waals surface area (Å²) in [5, 5.41) is 32.1. The lowest BCUT2D eigenvalue weighted by Crippen LogP contribution is -2.59. The lowest BCUT2D eigenvalue weighted by Gasteiger charge is -2.31. The van der Waals surface area contributed by atoms with E-state index in [2.05, 4.69) is 26.6 Å². The third-order valence-corrected chi connectivity index (χ3v) is 8.56. The molecule has 0 bridgehead atoms. The monoisotopic (exact) mass is 723 g/mol. The number of carbonyl (C=O) groups is 7. The van der Waals surface area contributed by atoms with Crippen molar-refractivity contribution in [2.45, 2.75) is 90.1 Å². The van der Waals surface area contributed by atoms with Crippen LogP contribution in [0.25, 0.3) is 0 Å². The summed E-state index contributed by atoms with van der Waals surface area (Å²) < 4.78 is 0. The van der Waals surface area contributed by atoms with Crippen molar-refractivity contribution >= 4 is 47.3 Å². The molecule has 0 aromatic heterocycles. The van der Waals surface area contributed by atoms with Crippen LogP contribution >= 0.6 is 0 Å². The van der Waals surface area contributed by atoms with Crippen LogP contribution in [0, 0.1) is 11.8 Å². The highest BCUT2D eigenvalue weighted by atomic mass is 16.4. The van der Waals surface area contributed by atoms with Crippen LogP contribution < -0.4 is 32.3 Å². The number of urea groups is 1. The van der Waals surface area contributed by atoms with Crippen molar-refractivity contribution in [3.05, 3.63) is 65.7 Å². The van der Waals surface area contributed by atoms with E-state index < -0.39 is 84.1 Å². The summed E-state index contributed by atoms with van der Waals surface area (Å²) in [7, 11) is 0. The van der Waals surface area contributed by atoms with Gasteiger partial charge in [-0.2, -0.15) is 0 Å². The van der Waals surface area contributed by atoms with Crippen molar-refractivity contribution in [2.75, 3.05) is 11.9 Å². The number of para-hydroxylation sites is 1. The maximum absolute atomic E-state index is 13.8. The van der Waals surface area contributed by atoms with Crippen LogP contribution in [0.5, 0.6) is 0 Å². The predicted octanol–water partition coefficient (Wildman–Crippen LogP) is 1.71. The number of carboxylic acids is 2. The molecule has 5 atom stereocenters. The molecule has 52 heavy (non-hydrogen) atoms. The van der Waals surface area contributed by atoms with Crippen LogP contribution in [0.4, 0.5) is 10.5 Å². The number of rotatable bonds is 17. The summed E-state index contributed by atoms with van der Waals surface area (Å²) in [6.07, 6.45) is -0.0437. The van der Waals surface area contributed by atoms with Gasteiger partial charge >= 0.3 is 18.0 Å². The van der Waals surface area contributed by atoms with E-state index in [0.29, 0.717) is 23.2 Å². The topological polar surface area (TPSA) is 249 Å². The number of hydrogen-bond donors (Lipinski definition) is 8. The number of benzene rings is 2. The third-order valence-electron chi connectivity index (χ3n) is 8.56. The minimum Gasteiger partial charge on any atom is -0.481 e. The molecule has 0 aliphatic carbocycles. The molecule has 0 radical (unpaired) electrons. The normalized spacial score (nSPS) is 16.3. The van der Waals surface area contributed by atoms with Gasteiger partial charge in [-0.1, -0.05) is 76.2 Å². The second kappa shape index (κ2) is 19.2. The van der Waals surface area contributed by atoms with Gasteiger partial charge in [-0.15, -0.1) is 0 Å². The zero-order valence-corrected chi connectivity index (χ0v) is 29.8. The standard InChI is InChI=1S/C36H49N7O9/c1-20(2)17-25(39-33(48)30(22-11-6-5-7-12-22)42-36(52)40-24-14-9-8-13-23(24)19-37)31(46)38-26(18-28(44)45)32(47)41-29(21(3)4)34(49)43-16-10-15-27(43)35(50)51/h5-9,11-14,20-21,25-27,29-30H,10,15-19,37H2,1-4H3,(H,38,46)(H,39,48)(H,41,47)(H,44,45)(H,50,51)(H2,40,42,52)/t25-,26-,27-,29-,30?/m0/s1. The lowest BCUT2D eigenvalue weighted by molar-refractivity contribution is -0.150. The Morgan fingerprint density at radius 2 is 1.42 bits per heavy atom. The van der Waals surface area contributed by atoms with Gasteiger partial charge in [-0.05, 0) is 48.3 Å². The first-order valence-corrected chi connectivity index (χ1v) is 17.2. The molecule has 16 nitrogen and oxygen atoms in total. The maximum atomic E-state index is 13.8. The van der Waals surface area contributed by atoms with Crippen LogP contribution in [0.15, 0.2) is 54.6 Å². The van der Waals surface area contributed by atoms with Crippen molar-refractivity contribution in [2.24, 2.45) is 17.6 Å². The number of nitrogens with one attached hydrogen (secondary N) is 5. The summed E-state index contributed by atoms with van der Waals surface area (Å²) >= 11 is 0. The number of amides is 6. The Kier molecular flexibility index (Phi) is 15.1. The Labute approximate surface area is 302 Å². The average Bonchev–Trinajstić information content (AvgIpc) is 3.59. The van der Waals surface area contributed by atoms with Gasteiger partial charge in [0.05, 0.1) is 6.42 Å². The van der Waals surface area contributed by atoms with E-state index in [1.54, 1.807) is 82.3 Å². The minimum atomic E-state index is -1.66. The SMILES string of the molecule is CC(C)C[C@H](NC(=O)C(NC(=O)Nc1ccccc1CN)c1ccccc1)C(=O)N[C@@H](CC(=O)O)C(=O)N[C@H](C(=O)N1CCC[C@H]1C(=O)O)C(C)C. The second-order valence-corrected chi connectivity index (χ2v) is 13.4. The minimum absolute atomic E-state index is 0.0786. The average molecular weight is 724 g/mol. The third kappa shape index (κ3) is 11.5. The Balaban J connectivity index is 1.82. The fourth-order valence-corrected chi connectivity index (χ4v) is 5.90. The highest BCUT2D eigenvalue weighted by Gasteiger charge is 2.40. The van der Waals surface area contributed by atoms with Gasteiger partial charge in [0.2, 0.25) is 23.6 Å². The Morgan fingerprint density at radius 1 is 0.808 bits per heavy atom. The maximum Gasteiger partial charge on any atom is 0.326 e. The highest BCUT2D eigenvalue weighted by molar-refractivity contribution is 5.98. The summed E-state index contributed by atoms with van der Waals surface area (Å²) in [6.45, 7) is 7.21. The number of likely N-dealkylation sites (tertiary alicyclic amines) is 1. The van der Waals surface area contributed by atoms with Crippen molar-refractivity contribution < 1.29 is 43.8 Å².